The number of esters is 1. The van der Waals surface area contributed by atoms with E-state index in [0.717, 1.165) is 16.0 Å². The number of benzene rings is 1. The zero-order chi connectivity index (χ0) is 18.0. The van der Waals surface area contributed by atoms with Crippen molar-refractivity contribution in [3.05, 3.63) is 23.3 Å². The Labute approximate surface area is 129 Å². The molecule has 0 N–H and O–H groups in total. The fraction of sp³-hybridized carbons (Fsp3) is 0.417. The zero-order valence-electron chi connectivity index (χ0n) is 12.3. The van der Waals surface area contributed by atoms with Gasteiger partial charge >= 0.3 is 39.0 Å². The maximum absolute atomic E-state index is 11.5. The van der Waals surface area contributed by atoms with Crippen LogP contribution < -0.4 is 4.74 Å². The van der Waals surface area contributed by atoms with Crippen LogP contribution in [0.15, 0.2) is 17.0 Å². The quantitative estimate of drug-likeness (QED) is 0.222. The van der Waals surface area contributed by atoms with Crippen molar-refractivity contribution in [2.45, 2.75) is 32.6 Å². The molecule has 0 fully saturated rings. The molecule has 130 valence electrons. The van der Waals surface area contributed by atoms with E-state index < -0.39 is 7.81 Å². The summed E-state index contributed by atoms with van der Waals surface area (Å²) in [5.74, 6) is 0.380. The number of halogens is 6. The molecule has 1 aromatic carbocycles. The number of aryl methyl sites for hydroxylation is 2. The Hall–Kier alpha value is -0.950. The van der Waals surface area contributed by atoms with Crippen LogP contribution in [0.2, 0.25) is 0 Å². The van der Waals surface area contributed by atoms with E-state index in [9.17, 15) is 30.0 Å². The van der Waals surface area contributed by atoms with Gasteiger partial charge in [0.2, 0.25) is 0 Å². The van der Waals surface area contributed by atoms with Crippen LogP contribution in [-0.2, 0) is 17.4 Å². The van der Waals surface area contributed by atoms with Crippen molar-refractivity contribution in [2.75, 3.05) is 0 Å². The van der Waals surface area contributed by atoms with E-state index in [1.165, 1.54) is 0 Å². The Morgan fingerprint density at radius 3 is 1.64 bits per heavy atom. The molecule has 0 aliphatic rings. The molecule has 0 saturated carbocycles. The van der Waals surface area contributed by atoms with Gasteiger partial charge in [-0.05, 0) is 49.7 Å². The average Bonchev–Trinajstić information content (AvgIpc) is 2.17. The average molecular weight is 370 g/mol. The van der Waals surface area contributed by atoms with Gasteiger partial charge in [0, 0.05) is 0 Å². The summed E-state index contributed by atoms with van der Waals surface area (Å²) in [6.45, 7) is 7.51. The number of hydrogen-bond acceptors (Lipinski definition) is 2. The third kappa shape index (κ3) is 11.7. The van der Waals surface area contributed by atoms with Crippen molar-refractivity contribution in [3.8, 4) is 5.75 Å². The molecular formula is C12H17F6O2PS. The summed E-state index contributed by atoms with van der Waals surface area (Å²) < 4.78 is 64.5. The van der Waals surface area contributed by atoms with Crippen LogP contribution in [0.1, 0.15) is 25.0 Å². The van der Waals surface area contributed by atoms with Gasteiger partial charge in [0.05, 0.1) is 5.92 Å². The molecular weight excluding hydrogens is 353 g/mol. The molecule has 0 unspecified atom stereocenters. The van der Waals surface area contributed by atoms with E-state index in [1.54, 1.807) is 0 Å². The molecule has 0 aliphatic heterocycles. The molecule has 0 amide bonds. The third-order valence-corrected chi connectivity index (χ3v) is 2.42. The minimum absolute atomic E-state index is 0.105. The van der Waals surface area contributed by atoms with Crippen molar-refractivity contribution < 1.29 is 34.7 Å². The second-order valence-electron chi connectivity index (χ2n) is 4.97. The predicted molar refractivity (Wildman–Crippen MR) is 78.4 cm³/mol. The van der Waals surface area contributed by atoms with E-state index >= 15 is 0 Å². The van der Waals surface area contributed by atoms with Gasteiger partial charge in [0.15, 0.2) is 4.90 Å². The summed E-state index contributed by atoms with van der Waals surface area (Å²) in [4.78, 5) is 12.5. The fourth-order valence-corrected chi connectivity index (χ4v) is 1.76. The molecule has 1 aromatic rings. The van der Waals surface area contributed by atoms with Gasteiger partial charge in [-0.1, -0.05) is 13.8 Å². The van der Waals surface area contributed by atoms with E-state index in [2.05, 4.69) is 12.6 Å². The molecule has 0 bridgehead atoms. The van der Waals surface area contributed by atoms with Gasteiger partial charge in [0.1, 0.15) is 5.75 Å². The van der Waals surface area contributed by atoms with Crippen LogP contribution in [-0.4, -0.2) is 5.97 Å². The first kappa shape index (κ1) is 21.0. The molecule has 0 radical (unpaired) electrons. The fourth-order valence-electron chi connectivity index (χ4n) is 1.33. The molecule has 1 rings (SSSR count). The van der Waals surface area contributed by atoms with Crippen molar-refractivity contribution in [2.24, 2.45) is 5.92 Å². The molecule has 0 aliphatic carbocycles. The number of ether oxygens (including phenoxy) is 1. The van der Waals surface area contributed by atoms with E-state index in [0.29, 0.717) is 5.75 Å². The van der Waals surface area contributed by atoms with Gasteiger partial charge < -0.3 is 4.74 Å². The predicted octanol–water partition coefficient (Wildman–Crippen LogP) is 5.62. The monoisotopic (exact) mass is 370 g/mol. The topological polar surface area (TPSA) is 26.3 Å². The first-order chi connectivity index (χ1) is 9.36. The molecule has 10 heteroatoms. The summed E-state index contributed by atoms with van der Waals surface area (Å²) in [5, 5.41) is 0. The Balaban J connectivity index is 0.000000534. The van der Waals surface area contributed by atoms with E-state index in [1.807, 2.05) is 39.8 Å². The van der Waals surface area contributed by atoms with Gasteiger partial charge in [-0.25, -0.2) is 0 Å². The van der Waals surface area contributed by atoms with E-state index in [-0.39, 0.29) is 11.9 Å². The first-order valence-electron chi connectivity index (χ1n) is 5.97. The molecule has 0 atom stereocenters. The number of carbonyl (C=O) groups is 1. The Bertz CT molecular complexity index is 534. The zero-order valence-corrected chi connectivity index (χ0v) is 14.2. The van der Waals surface area contributed by atoms with E-state index in [4.69, 9.17) is 4.74 Å². The molecule has 0 saturated heterocycles. The summed E-state index contributed by atoms with van der Waals surface area (Å²) >= 11 is 3.45. The summed E-state index contributed by atoms with van der Waals surface area (Å²) in [6, 6.07) is 3.87. The van der Waals surface area contributed by atoms with Gasteiger partial charge in [-0.15, -0.1) is 0 Å². The Morgan fingerprint density at radius 1 is 1.05 bits per heavy atom. The van der Waals surface area contributed by atoms with Crippen LogP contribution >= 0.6 is 7.81 Å². The second kappa shape index (κ2) is 5.92. The second-order valence-corrected chi connectivity index (χ2v) is 7.47. The summed E-state index contributed by atoms with van der Waals surface area (Å²) in [6.07, 6.45) is 0. The normalized spacial score (nSPS) is 14.5. The van der Waals surface area contributed by atoms with Gasteiger partial charge in [-0.2, -0.15) is 0 Å². The SMILES string of the molecule is Cc1cc([SH2+])cc(C)c1OC(=O)C(C)C.F[P-](F)(F)(F)(F)F. The standard InChI is InChI=1S/C12H16O2S.F6P/c1-7(2)12(13)14-11-8(3)5-10(15)6-9(11)4;1-7(2,3,4,5)6/h5-7,15H,1-4H3;/q;-1/p+1. The van der Waals surface area contributed by atoms with Gasteiger partial charge in [0.25, 0.3) is 0 Å². The molecule has 2 nitrogen and oxygen atoms in total. The first-order valence-corrected chi connectivity index (χ1v) is 8.50. The van der Waals surface area contributed by atoms with Crippen LogP contribution in [0.4, 0.5) is 25.2 Å². The van der Waals surface area contributed by atoms with Crippen molar-refractivity contribution >= 4 is 26.4 Å². The van der Waals surface area contributed by atoms with Crippen LogP contribution in [0, 0.1) is 19.8 Å². The Kier molecular flexibility index (Phi) is 5.67. The summed E-state index contributed by atoms with van der Waals surface area (Å²) in [7, 11) is -10.7. The third-order valence-electron chi connectivity index (χ3n) is 2.13. The molecule has 0 aromatic heterocycles. The van der Waals surface area contributed by atoms with Crippen LogP contribution in [0.25, 0.3) is 0 Å². The Morgan fingerprint density at radius 2 is 1.36 bits per heavy atom. The van der Waals surface area contributed by atoms with Crippen LogP contribution in [0.3, 0.4) is 0 Å². The minimum atomic E-state index is -10.7. The van der Waals surface area contributed by atoms with Crippen molar-refractivity contribution in [3.63, 3.8) is 0 Å². The molecule has 0 spiro atoms. The number of rotatable bonds is 2. The summed E-state index contributed by atoms with van der Waals surface area (Å²) in [5.41, 5.74) is 1.93. The molecule has 0 heterocycles. The maximum atomic E-state index is 11.5. The van der Waals surface area contributed by atoms with Crippen LogP contribution in [0.5, 0.6) is 5.75 Å². The number of hydrogen-bond donors (Lipinski definition) is 0. The molecule has 22 heavy (non-hydrogen) atoms. The van der Waals surface area contributed by atoms with Crippen molar-refractivity contribution in [1.82, 2.24) is 0 Å². The van der Waals surface area contributed by atoms with Crippen molar-refractivity contribution in [1.29, 1.82) is 0 Å². The number of carbonyl (C=O) groups excluding carboxylic acids is 1. The van der Waals surface area contributed by atoms with Gasteiger partial charge in [-0.3, -0.25) is 4.79 Å².